The summed E-state index contributed by atoms with van der Waals surface area (Å²) in [5.41, 5.74) is 1.45. The lowest BCUT2D eigenvalue weighted by Crippen LogP contribution is -2.21. The average Bonchev–Trinajstić information content (AvgIpc) is 3.13. The van der Waals surface area contributed by atoms with Crippen LogP contribution >= 0.6 is 0 Å². The van der Waals surface area contributed by atoms with Gasteiger partial charge in [-0.1, -0.05) is 0 Å². The number of H-pyrrole nitrogens is 1. The molecule has 0 spiro atoms. The molecule has 1 aliphatic rings. The van der Waals surface area contributed by atoms with Gasteiger partial charge < -0.3 is 9.73 Å². The molecule has 1 amide bonds. The van der Waals surface area contributed by atoms with Crippen LogP contribution in [0.1, 0.15) is 24.1 Å². The Labute approximate surface area is 142 Å². The zero-order valence-corrected chi connectivity index (χ0v) is 13.9. The highest BCUT2D eigenvalue weighted by molar-refractivity contribution is 5.94. The number of aryl methyl sites for hydroxylation is 1. The maximum atomic E-state index is 12.2. The molecular weight excluding hydrogens is 322 g/mol. The van der Waals surface area contributed by atoms with E-state index in [4.69, 9.17) is 4.42 Å². The molecule has 0 atom stereocenters. The van der Waals surface area contributed by atoms with Crippen LogP contribution < -0.4 is 10.9 Å². The molecule has 25 heavy (non-hydrogen) atoms. The lowest BCUT2D eigenvalue weighted by Gasteiger charge is -2.08. The second kappa shape index (κ2) is 5.73. The van der Waals surface area contributed by atoms with Gasteiger partial charge >= 0.3 is 0 Å². The molecule has 3 aromatic rings. The van der Waals surface area contributed by atoms with Crippen molar-refractivity contribution in [2.45, 2.75) is 26.7 Å². The van der Waals surface area contributed by atoms with Gasteiger partial charge in [0.25, 0.3) is 5.56 Å². The maximum absolute atomic E-state index is 12.2. The summed E-state index contributed by atoms with van der Waals surface area (Å²) in [5.74, 6) is 1.24. The topological polar surface area (TPSA) is 106 Å². The van der Waals surface area contributed by atoms with Crippen LogP contribution in [-0.2, 0) is 4.79 Å². The smallest absolute Gasteiger partial charge is 0.255 e. The standard InChI is InChI=1S/C17H17N5O3/c1-9-10(2)18-17(20-15(9)23)22-14(19-16(24)11-5-6-11)8-12(21-22)13-4-3-7-25-13/h3-4,7-8,11H,5-6H2,1-2H3,(H,19,24)(H,18,20,23). The van der Waals surface area contributed by atoms with Crippen molar-refractivity contribution in [1.29, 1.82) is 0 Å². The summed E-state index contributed by atoms with van der Waals surface area (Å²) in [6, 6.07) is 5.23. The van der Waals surface area contributed by atoms with Gasteiger partial charge in [-0.3, -0.25) is 14.6 Å². The van der Waals surface area contributed by atoms with Gasteiger partial charge in [-0.05, 0) is 38.8 Å². The Bertz CT molecular complexity index is 996. The van der Waals surface area contributed by atoms with Crippen LogP contribution in [0, 0.1) is 19.8 Å². The second-order valence-electron chi connectivity index (χ2n) is 6.17. The number of furan rings is 1. The van der Waals surface area contributed by atoms with E-state index in [1.807, 2.05) is 0 Å². The fourth-order valence-corrected chi connectivity index (χ4v) is 2.48. The Kier molecular flexibility index (Phi) is 3.52. The maximum Gasteiger partial charge on any atom is 0.255 e. The molecule has 1 fully saturated rings. The first-order valence-corrected chi connectivity index (χ1v) is 8.05. The number of aromatic nitrogens is 4. The molecule has 0 aromatic carbocycles. The lowest BCUT2D eigenvalue weighted by molar-refractivity contribution is -0.117. The number of nitrogens with one attached hydrogen (secondary N) is 2. The number of carbonyl (C=O) groups is 1. The first-order chi connectivity index (χ1) is 12.0. The van der Waals surface area contributed by atoms with Crippen molar-refractivity contribution in [2.75, 3.05) is 5.32 Å². The third kappa shape index (κ3) is 2.86. The predicted molar refractivity (Wildman–Crippen MR) is 90.5 cm³/mol. The predicted octanol–water partition coefficient (Wildman–Crippen LogP) is 2.18. The zero-order valence-electron chi connectivity index (χ0n) is 13.9. The summed E-state index contributed by atoms with van der Waals surface area (Å²) in [5, 5.41) is 7.31. The van der Waals surface area contributed by atoms with Gasteiger partial charge in [0.15, 0.2) is 5.76 Å². The van der Waals surface area contributed by atoms with E-state index in [0.717, 1.165) is 12.8 Å². The molecule has 8 heteroatoms. The van der Waals surface area contributed by atoms with E-state index in [9.17, 15) is 9.59 Å². The molecule has 2 N–H and O–H groups in total. The van der Waals surface area contributed by atoms with Crippen molar-refractivity contribution in [1.82, 2.24) is 19.7 Å². The highest BCUT2D eigenvalue weighted by Gasteiger charge is 2.30. The number of nitrogens with zero attached hydrogens (tertiary/aromatic N) is 3. The summed E-state index contributed by atoms with van der Waals surface area (Å²) < 4.78 is 6.80. The Balaban J connectivity index is 1.81. The average molecular weight is 339 g/mol. The molecule has 3 aromatic heterocycles. The van der Waals surface area contributed by atoms with Gasteiger partial charge in [-0.15, -0.1) is 0 Å². The number of aromatic amines is 1. The Morgan fingerprint density at radius 1 is 1.40 bits per heavy atom. The van der Waals surface area contributed by atoms with E-state index >= 15 is 0 Å². The molecular formula is C17H17N5O3. The lowest BCUT2D eigenvalue weighted by atomic mass is 10.3. The molecule has 0 bridgehead atoms. The molecule has 1 saturated carbocycles. The van der Waals surface area contributed by atoms with Crippen molar-refractivity contribution in [3.63, 3.8) is 0 Å². The van der Waals surface area contributed by atoms with Gasteiger partial charge in [0.2, 0.25) is 11.9 Å². The number of hydrogen-bond donors (Lipinski definition) is 2. The quantitative estimate of drug-likeness (QED) is 0.758. The summed E-state index contributed by atoms with van der Waals surface area (Å²) in [6.07, 6.45) is 3.33. The van der Waals surface area contributed by atoms with Gasteiger partial charge in [0.05, 0.1) is 6.26 Å². The van der Waals surface area contributed by atoms with E-state index in [1.165, 1.54) is 4.68 Å². The molecule has 1 aliphatic carbocycles. The number of amides is 1. The molecule has 0 unspecified atom stereocenters. The van der Waals surface area contributed by atoms with E-state index in [2.05, 4.69) is 20.4 Å². The van der Waals surface area contributed by atoms with Crippen molar-refractivity contribution >= 4 is 11.7 Å². The van der Waals surface area contributed by atoms with Crippen LogP contribution in [0.4, 0.5) is 5.82 Å². The largest absolute Gasteiger partial charge is 0.463 e. The summed E-state index contributed by atoms with van der Waals surface area (Å²) in [7, 11) is 0. The SMILES string of the molecule is Cc1nc(-n2nc(-c3ccco3)cc2NC(=O)C2CC2)[nH]c(=O)c1C. The Hall–Kier alpha value is -3.16. The summed E-state index contributed by atoms with van der Waals surface area (Å²) in [4.78, 5) is 31.3. The number of hydrogen-bond acceptors (Lipinski definition) is 5. The second-order valence-corrected chi connectivity index (χ2v) is 6.17. The zero-order chi connectivity index (χ0) is 17.6. The van der Waals surface area contributed by atoms with Gasteiger partial charge in [-0.25, -0.2) is 4.98 Å². The number of rotatable bonds is 4. The van der Waals surface area contributed by atoms with Crippen LogP contribution in [-0.4, -0.2) is 25.7 Å². The highest BCUT2D eigenvalue weighted by atomic mass is 16.3. The minimum atomic E-state index is -0.239. The molecule has 3 heterocycles. The molecule has 8 nitrogen and oxygen atoms in total. The van der Waals surface area contributed by atoms with Crippen LogP contribution in [0.3, 0.4) is 0 Å². The minimum Gasteiger partial charge on any atom is -0.463 e. The van der Waals surface area contributed by atoms with E-state index in [0.29, 0.717) is 28.5 Å². The van der Waals surface area contributed by atoms with Crippen LogP contribution in [0.2, 0.25) is 0 Å². The Morgan fingerprint density at radius 3 is 2.84 bits per heavy atom. The Morgan fingerprint density at radius 2 is 2.20 bits per heavy atom. The van der Waals surface area contributed by atoms with Crippen molar-refractivity contribution in [3.8, 4) is 17.4 Å². The summed E-state index contributed by atoms with van der Waals surface area (Å²) >= 11 is 0. The molecule has 0 radical (unpaired) electrons. The van der Waals surface area contributed by atoms with E-state index < -0.39 is 0 Å². The van der Waals surface area contributed by atoms with Crippen LogP contribution in [0.15, 0.2) is 33.7 Å². The number of carbonyl (C=O) groups excluding carboxylic acids is 1. The van der Waals surface area contributed by atoms with E-state index in [1.54, 1.807) is 38.3 Å². The first-order valence-electron chi connectivity index (χ1n) is 8.05. The van der Waals surface area contributed by atoms with Crippen molar-refractivity contribution < 1.29 is 9.21 Å². The molecule has 128 valence electrons. The normalized spacial score (nSPS) is 13.8. The fourth-order valence-electron chi connectivity index (χ4n) is 2.48. The highest BCUT2D eigenvalue weighted by Crippen LogP contribution is 2.31. The van der Waals surface area contributed by atoms with Gasteiger partial charge in [-0.2, -0.15) is 9.78 Å². The monoisotopic (exact) mass is 339 g/mol. The fraction of sp³-hybridized carbons (Fsp3) is 0.294. The van der Waals surface area contributed by atoms with Crippen molar-refractivity contribution in [2.24, 2.45) is 5.92 Å². The van der Waals surface area contributed by atoms with Crippen LogP contribution in [0.5, 0.6) is 0 Å². The van der Waals surface area contributed by atoms with E-state index in [-0.39, 0.29) is 23.3 Å². The first kappa shape index (κ1) is 15.4. The molecule has 0 aliphatic heterocycles. The third-order valence-corrected chi connectivity index (χ3v) is 4.27. The van der Waals surface area contributed by atoms with Crippen LogP contribution in [0.25, 0.3) is 17.4 Å². The number of anilines is 1. The van der Waals surface area contributed by atoms with Crippen molar-refractivity contribution in [3.05, 3.63) is 46.1 Å². The van der Waals surface area contributed by atoms with Gasteiger partial charge in [0.1, 0.15) is 11.5 Å². The third-order valence-electron chi connectivity index (χ3n) is 4.27. The van der Waals surface area contributed by atoms with Gasteiger partial charge in [0, 0.05) is 23.2 Å². The summed E-state index contributed by atoms with van der Waals surface area (Å²) in [6.45, 7) is 3.46. The molecule has 0 saturated heterocycles. The minimum absolute atomic E-state index is 0.0437. The molecule has 4 rings (SSSR count).